The van der Waals surface area contributed by atoms with E-state index in [1.165, 1.54) is 11.3 Å². The molecule has 0 spiro atoms. The molecule has 0 radical (unpaired) electrons. The standard InChI is InChI=1S/C16H23N3O2/c1-2-4-15-14(3-1)13-16(17-5-9-20-10-6-17)19(15)18-7-11-21-12-8-18/h1-4,16H,5-13H2. The number of para-hydroxylation sites is 1. The molecule has 5 nitrogen and oxygen atoms in total. The van der Waals surface area contributed by atoms with Gasteiger partial charge in [-0.15, -0.1) is 0 Å². The Morgan fingerprint density at radius 1 is 0.857 bits per heavy atom. The van der Waals surface area contributed by atoms with Crippen LogP contribution in [-0.2, 0) is 15.9 Å². The Morgan fingerprint density at radius 3 is 2.29 bits per heavy atom. The van der Waals surface area contributed by atoms with E-state index < -0.39 is 0 Å². The molecular weight excluding hydrogens is 266 g/mol. The van der Waals surface area contributed by atoms with Crippen LogP contribution in [0.3, 0.4) is 0 Å². The van der Waals surface area contributed by atoms with Crippen LogP contribution in [0, 0.1) is 0 Å². The number of hydrogen-bond donors (Lipinski definition) is 0. The summed E-state index contributed by atoms with van der Waals surface area (Å²) in [5.41, 5.74) is 2.83. The molecule has 114 valence electrons. The van der Waals surface area contributed by atoms with Gasteiger partial charge in [0, 0.05) is 32.6 Å². The summed E-state index contributed by atoms with van der Waals surface area (Å²) >= 11 is 0. The van der Waals surface area contributed by atoms with E-state index in [4.69, 9.17) is 9.47 Å². The fourth-order valence-electron chi connectivity index (χ4n) is 3.62. The number of nitrogens with zero attached hydrogens (tertiary/aromatic N) is 3. The molecule has 0 saturated carbocycles. The first-order valence-corrected chi connectivity index (χ1v) is 7.95. The lowest BCUT2D eigenvalue weighted by molar-refractivity contribution is -0.0149. The molecular formula is C16H23N3O2. The average Bonchev–Trinajstić information content (AvgIpc) is 2.96. The van der Waals surface area contributed by atoms with Crippen molar-refractivity contribution in [2.75, 3.05) is 57.6 Å². The first kappa shape index (κ1) is 13.5. The summed E-state index contributed by atoms with van der Waals surface area (Å²) < 4.78 is 11.0. The van der Waals surface area contributed by atoms with Crippen molar-refractivity contribution in [2.24, 2.45) is 0 Å². The minimum absolute atomic E-state index is 0.435. The van der Waals surface area contributed by atoms with E-state index in [0.29, 0.717) is 6.17 Å². The second-order valence-electron chi connectivity index (χ2n) is 5.87. The van der Waals surface area contributed by atoms with Crippen molar-refractivity contribution in [2.45, 2.75) is 12.6 Å². The predicted molar refractivity (Wildman–Crippen MR) is 81.2 cm³/mol. The summed E-state index contributed by atoms with van der Waals surface area (Å²) in [6.07, 6.45) is 1.54. The van der Waals surface area contributed by atoms with Crippen molar-refractivity contribution in [1.29, 1.82) is 0 Å². The van der Waals surface area contributed by atoms with Crippen molar-refractivity contribution in [3.8, 4) is 0 Å². The predicted octanol–water partition coefficient (Wildman–Crippen LogP) is 0.955. The average molecular weight is 289 g/mol. The van der Waals surface area contributed by atoms with E-state index in [1.807, 2.05) is 0 Å². The van der Waals surface area contributed by atoms with Crippen molar-refractivity contribution in [3.05, 3.63) is 29.8 Å². The molecule has 1 unspecified atom stereocenters. The van der Waals surface area contributed by atoms with Gasteiger partial charge in [-0.3, -0.25) is 9.91 Å². The molecule has 0 bridgehead atoms. The maximum atomic E-state index is 5.53. The first-order valence-electron chi connectivity index (χ1n) is 7.95. The summed E-state index contributed by atoms with van der Waals surface area (Å²) in [7, 11) is 0. The lowest BCUT2D eigenvalue weighted by atomic mass is 10.1. The number of hydrogen-bond acceptors (Lipinski definition) is 5. The SMILES string of the molecule is c1ccc2c(c1)CC(N1CCOCC1)N2N1CCOCC1. The Kier molecular flexibility index (Phi) is 3.82. The molecule has 3 aliphatic heterocycles. The fourth-order valence-corrected chi connectivity index (χ4v) is 3.62. The Bertz CT molecular complexity index is 484. The van der Waals surface area contributed by atoms with Crippen molar-refractivity contribution < 1.29 is 9.47 Å². The zero-order valence-electron chi connectivity index (χ0n) is 12.4. The van der Waals surface area contributed by atoms with Gasteiger partial charge in [0.15, 0.2) is 0 Å². The Balaban J connectivity index is 1.62. The molecule has 0 aromatic heterocycles. The van der Waals surface area contributed by atoms with Crippen LogP contribution in [0.4, 0.5) is 5.69 Å². The molecule has 1 aromatic rings. The number of morpholine rings is 2. The van der Waals surface area contributed by atoms with Gasteiger partial charge in [-0.25, -0.2) is 5.01 Å². The zero-order chi connectivity index (χ0) is 14.1. The van der Waals surface area contributed by atoms with Crippen LogP contribution in [0.15, 0.2) is 24.3 Å². The summed E-state index contributed by atoms with van der Waals surface area (Å²) in [6.45, 7) is 7.37. The van der Waals surface area contributed by atoms with Crippen LogP contribution in [0.2, 0.25) is 0 Å². The van der Waals surface area contributed by atoms with Gasteiger partial charge >= 0.3 is 0 Å². The Morgan fingerprint density at radius 2 is 1.52 bits per heavy atom. The van der Waals surface area contributed by atoms with E-state index in [0.717, 1.165) is 59.0 Å². The number of benzene rings is 1. The molecule has 0 N–H and O–H groups in total. The maximum Gasteiger partial charge on any atom is 0.102 e. The largest absolute Gasteiger partial charge is 0.379 e. The molecule has 21 heavy (non-hydrogen) atoms. The smallest absolute Gasteiger partial charge is 0.102 e. The third kappa shape index (κ3) is 2.55. The molecule has 0 aliphatic carbocycles. The highest BCUT2D eigenvalue weighted by atomic mass is 16.5. The molecule has 1 atom stereocenters. The van der Waals surface area contributed by atoms with Gasteiger partial charge in [0.1, 0.15) is 6.17 Å². The fraction of sp³-hybridized carbons (Fsp3) is 0.625. The second kappa shape index (κ2) is 5.93. The molecule has 2 saturated heterocycles. The van der Waals surface area contributed by atoms with E-state index in [1.54, 1.807) is 0 Å². The van der Waals surface area contributed by atoms with Crippen LogP contribution in [0.1, 0.15) is 5.56 Å². The Labute approximate surface area is 126 Å². The molecule has 4 rings (SSSR count). The molecule has 5 heteroatoms. The van der Waals surface area contributed by atoms with Gasteiger partial charge < -0.3 is 9.47 Å². The lowest BCUT2D eigenvalue weighted by Crippen LogP contribution is -2.59. The van der Waals surface area contributed by atoms with E-state index in [2.05, 4.69) is 39.2 Å². The minimum Gasteiger partial charge on any atom is -0.379 e. The van der Waals surface area contributed by atoms with Gasteiger partial charge in [0.05, 0.1) is 32.1 Å². The van der Waals surface area contributed by atoms with Crippen LogP contribution in [-0.4, -0.2) is 68.7 Å². The van der Waals surface area contributed by atoms with Crippen LogP contribution in [0.25, 0.3) is 0 Å². The quantitative estimate of drug-likeness (QED) is 0.808. The highest BCUT2D eigenvalue weighted by Crippen LogP contribution is 2.35. The first-order chi connectivity index (χ1) is 10.4. The van der Waals surface area contributed by atoms with Gasteiger partial charge in [0.2, 0.25) is 0 Å². The van der Waals surface area contributed by atoms with Crippen LogP contribution >= 0.6 is 0 Å². The van der Waals surface area contributed by atoms with Gasteiger partial charge in [-0.05, 0) is 11.6 Å². The molecule has 1 aromatic carbocycles. The van der Waals surface area contributed by atoms with Gasteiger partial charge in [0.25, 0.3) is 0 Å². The monoisotopic (exact) mass is 289 g/mol. The van der Waals surface area contributed by atoms with Crippen molar-refractivity contribution >= 4 is 5.69 Å². The van der Waals surface area contributed by atoms with Gasteiger partial charge in [-0.1, -0.05) is 18.2 Å². The topological polar surface area (TPSA) is 28.2 Å². The number of rotatable bonds is 2. The van der Waals surface area contributed by atoms with Crippen LogP contribution in [0.5, 0.6) is 0 Å². The molecule has 3 aliphatic rings. The Hall–Kier alpha value is -1.14. The van der Waals surface area contributed by atoms with Crippen LogP contribution < -0.4 is 5.01 Å². The summed E-state index contributed by atoms with van der Waals surface area (Å²) in [5.74, 6) is 0. The number of ether oxygens (including phenoxy) is 2. The van der Waals surface area contributed by atoms with Gasteiger partial charge in [-0.2, -0.15) is 0 Å². The van der Waals surface area contributed by atoms with Crippen molar-refractivity contribution in [1.82, 2.24) is 9.91 Å². The minimum atomic E-state index is 0.435. The number of fused-ring (bicyclic) bond motifs is 1. The van der Waals surface area contributed by atoms with E-state index in [-0.39, 0.29) is 0 Å². The zero-order valence-corrected chi connectivity index (χ0v) is 12.4. The van der Waals surface area contributed by atoms with Crippen molar-refractivity contribution in [3.63, 3.8) is 0 Å². The number of hydrazine groups is 1. The summed E-state index contributed by atoms with van der Waals surface area (Å²) in [4.78, 5) is 2.57. The second-order valence-corrected chi connectivity index (χ2v) is 5.87. The normalized spacial score (nSPS) is 27.8. The highest BCUT2D eigenvalue weighted by molar-refractivity contribution is 5.58. The maximum absolute atomic E-state index is 5.53. The highest BCUT2D eigenvalue weighted by Gasteiger charge is 2.37. The third-order valence-corrected chi connectivity index (χ3v) is 4.68. The molecule has 3 heterocycles. The number of anilines is 1. The summed E-state index contributed by atoms with van der Waals surface area (Å²) in [5, 5.41) is 4.98. The third-order valence-electron chi connectivity index (χ3n) is 4.68. The summed E-state index contributed by atoms with van der Waals surface area (Å²) in [6, 6.07) is 8.82. The molecule has 2 fully saturated rings. The van der Waals surface area contributed by atoms with E-state index in [9.17, 15) is 0 Å². The van der Waals surface area contributed by atoms with E-state index >= 15 is 0 Å². The molecule has 0 amide bonds. The lowest BCUT2D eigenvalue weighted by Gasteiger charge is -2.45.